The van der Waals surface area contributed by atoms with Crippen LogP contribution in [-0.4, -0.2) is 43.3 Å². The SMILES string of the molecule is CN(C)CCONC(=O)O. The summed E-state index contributed by atoms with van der Waals surface area (Å²) in [7, 11) is 3.76. The van der Waals surface area contributed by atoms with Gasteiger partial charge in [-0.25, -0.2) is 4.79 Å². The highest BCUT2D eigenvalue weighted by Crippen LogP contribution is 1.73. The number of rotatable bonds is 4. The van der Waals surface area contributed by atoms with Gasteiger partial charge in [-0.2, -0.15) is 5.48 Å². The van der Waals surface area contributed by atoms with Gasteiger partial charge in [0, 0.05) is 6.54 Å². The molecular formula is C5H12N2O3. The molecule has 0 aliphatic heterocycles. The van der Waals surface area contributed by atoms with Gasteiger partial charge in [-0.15, -0.1) is 0 Å². The van der Waals surface area contributed by atoms with E-state index in [1.54, 1.807) is 5.48 Å². The minimum Gasteiger partial charge on any atom is -0.464 e. The van der Waals surface area contributed by atoms with Crippen molar-refractivity contribution in [2.24, 2.45) is 0 Å². The topological polar surface area (TPSA) is 61.8 Å². The van der Waals surface area contributed by atoms with E-state index in [0.717, 1.165) is 0 Å². The van der Waals surface area contributed by atoms with Crippen LogP contribution in [-0.2, 0) is 4.84 Å². The van der Waals surface area contributed by atoms with Crippen LogP contribution in [0.25, 0.3) is 0 Å². The molecule has 2 N–H and O–H groups in total. The van der Waals surface area contributed by atoms with Crippen LogP contribution in [0.15, 0.2) is 0 Å². The number of carboxylic acid groups (broad SMARTS) is 1. The number of likely N-dealkylation sites (N-methyl/N-ethyl adjacent to an activating group) is 1. The highest BCUT2D eigenvalue weighted by molar-refractivity contribution is 5.62. The third-order valence-corrected chi connectivity index (χ3v) is 0.800. The smallest absolute Gasteiger partial charge is 0.428 e. The summed E-state index contributed by atoms with van der Waals surface area (Å²) in [6.45, 7) is 1.06. The Balaban J connectivity index is 2.98. The van der Waals surface area contributed by atoms with Crippen molar-refractivity contribution in [1.82, 2.24) is 10.4 Å². The normalized spacial score (nSPS) is 9.90. The summed E-state index contributed by atoms with van der Waals surface area (Å²) < 4.78 is 0. The summed E-state index contributed by atoms with van der Waals surface area (Å²) in [6, 6.07) is 0. The van der Waals surface area contributed by atoms with Gasteiger partial charge in [0.05, 0.1) is 6.61 Å². The standard InChI is InChI=1S/C5H12N2O3/c1-7(2)3-4-10-6-5(8)9/h6H,3-4H2,1-2H3,(H,8,9). The maximum absolute atomic E-state index is 9.79. The molecule has 0 unspecified atom stereocenters. The summed E-state index contributed by atoms with van der Waals surface area (Å²) in [4.78, 5) is 16.2. The lowest BCUT2D eigenvalue weighted by molar-refractivity contribution is 0.0350. The fourth-order valence-electron chi connectivity index (χ4n) is 0.341. The first-order chi connectivity index (χ1) is 4.63. The van der Waals surface area contributed by atoms with Gasteiger partial charge in [0.15, 0.2) is 0 Å². The van der Waals surface area contributed by atoms with E-state index in [4.69, 9.17) is 5.11 Å². The van der Waals surface area contributed by atoms with Crippen molar-refractivity contribution in [1.29, 1.82) is 0 Å². The molecule has 0 saturated carbocycles. The molecule has 0 aromatic heterocycles. The lowest BCUT2D eigenvalue weighted by Gasteiger charge is -2.08. The van der Waals surface area contributed by atoms with Gasteiger partial charge in [-0.05, 0) is 14.1 Å². The monoisotopic (exact) mass is 148 g/mol. The number of hydrogen-bond acceptors (Lipinski definition) is 3. The van der Waals surface area contributed by atoms with Gasteiger partial charge in [-0.3, -0.25) is 4.84 Å². The zero-order valence-electron chi connectivity index (χ0n) is 6.13. The summed E-state index contributed by atoms with van der Waals surface area (Å²) in [5, 5.41) is 8.03. The molecule has 5 nitrogen and oxygen atoms in total. The maximum atomic E-state index is 9.79. The Morgan fingerprint density at radius 2 is 2.30 bits per heavy atom. The van der Waals surface area contributed by atoms with E-state index in [0.29, 0.717) is 13.2 Å². The Morgan fingerprint density at radius 3 is 2.70 bits per heavy atom. The number of hydroxylamine groups is 1. The predicted octanol–water partition coefficient (Wildman–Crippen LogP) is -0.253. The molecule has 5 heteroatoms. The van der Waals surface area contributed by atoms with Crippen LogP contribution < -0.4 is 5.48 Å². The summed E-state index contributed by atoms with van der Waals surface area (Å²) in [5.41, 5.74) is 1.79. The van der Waals surface area contributed by atoms with Crippen LogP contribution in [0.1, 0.15) is 0 Å². The molecule has 0 saturated heterocycles. The summed E-state index contributed by atoms with van der Waals surface area (Å²) in [6.07, 6.45) is -1.17. The van der Waals surface area contributed by atoms with Crippen LogP contribution >= 0.6 is 0 Å². The molecular weight excluding hydrogens is 136 g/mol. The second-order valence-corrected chi connectivity index (χ2v) is 2.06. The molecule has 0 bridgehead atoms. The van der Waals surface area contributed by atoms with Crippen LogP contribution in [0.4, 0.5) is 4.79 Å². The van der Waals surface area contributed by atoms with E-state index in [2.05, 4.69) is 4.84 Å². The molecule has 0 rings (SSSR count). The Labute approximate surface area is 59.5 Å². The van der Waals surface area contributed by atoms with E-state index in [1.807, 2.05) is 19.0 Å². The zero-order chi connectivity index (χ0) is 7.98. The molecule has 10 heavy (non-hydrogen) atoms. The van der Waals surface area contributed by atoms with Crippen molar-refractivity contribution in [3.63, 3.8) is 0 Å². The molecule has 0 aromatic rings. The van der Waals surface area contributed by atoms with Crippen molar-refractivity contribution in [2.75, 3.05) is 27.2 Å². The largest absolute Gasteiger partial charge is 0.464 e. The lowest BCUT2D eigenvalue weighted by Crippen LogP contribution is -2.26. The van der Waals surface area contributed by atoms with E-state index >= 15 is 0 Å². The minimum absolute atomic E-state index is 0.360. The fraction of sp³-hybridized carbons (Fsp3) is 0.800. The first kappa shape index (κ1) is 9.19. The highest BCUT2D eigenvalue weighted by atomic mass is 16.7. The second kappa shape index (κ2) is 5.01. The molecule has 60 valence electrons. The lowest BCUT2D eigenvalue weighted by atomic mass is 10.6. The number of nitrogens with one attached hydrogen (secondary N) is 1. The maximum Gasteiger partial charge on any atom is 0.428 e. The number of nitrogens with zero attached hydrogens (tertiary/aromatic N) is 1. The van der Waals surface area contributed by atoms with Crippen LogP contribution in [0.5, 0.6) is 0 Å². The molecule has 0 atom stereocenters. The molecule has 0 aliphatic rings. The van der Waals surface area contributed by atoms with Gasteiger partial charge in [-0.1, -0.05) is 0 Å². The molecule has 0 aromatic carbocycles. The molecule has 1 amide bonds. The number of amides is 1. The quantitative estimate of drug-likeness (QED) is 0.426. The van der Waals surface area contributed by atoms with Gasteiger partial charge in [0.1, 0.15) is 0 Å². The Morgan fingerprint density at radius 1 is 1.70 bits per heavy atom. The average molecular weight is 148 g/mol. The van der Waals surface area contributed by atoms with Gasteiger partial charge < -0.3 is 10.0 Å². The predicted molar refractivity (Wildman–Crippen MR) is 35.7 cm³/mol. The van der Waals surface area contributed by atoms with Crippen molar-refractivity contribution in [3.05, 3.63) is 0 Å². The Bertz CT molecular complexity index is 105. The first-order valence-electron chi connectivity index (χ1n) is 2.88. The third-order valence-electron chi connectivity index (χ3n) is 0.800. The van der Waals surface area contributed by atoms with Crippen molar-refractivity contribution in [3.8, 4) is 0 Å². The number of carbonyl (C=O) groups is 1. The molecule has 0 fully saturated rings. The first-order valence-corrected chi connectivity index (χ1v) is 2.88. The zero-order valence-corrected chi connectivity index (χ0v) is 6.13. The molecule has 0 radical (unpaired) electrons. The van der Waals surface area contributed by atoms with Gasteiger partial charge in [0.2, 0.25) is 0 Å². The average Bonchev–Trinajstić information content (AvgIpc) is 1.79. The van der Waals surface area contributed by atoms with Crippen molar-refractivity contribution < 1.29 is 14.7 Å². The minimum atomic E-state index is -1.17. The molecule has 0 heterocycles. The number of hydrogen-bond donors (Lipinski definition) is 2. The van der Waals surface area contributed by atoms with Gasteiger partial charge in [0.25, 0.3) is 0 Å². The van der Waals surface area contributed by atoms with E-state index in [-0.39, 0.29) is 0 Å². The fourth-order valence-corrected chi connectivity index (χ4v) is 0.341. The van der Waals surface area contributed by atoms with E-state index < -0.39 is 6.09 Å². The van der Waals surface area contributed by atoms with E-state index in [1.165, 1.54) is 0 Å². The Kier molecular flexibility index (Phi) is 4.61. The Hall–Kier alpha value is -0.810. The summed E-state index contributed by atoms with van der Waals surface area (Å²) in [5.74, 6) is 0. The molecule has 0 aliphatic carbocycles. The molecule has 0 spiro atoms. The van der Waals surface area contributed by atoms with Crippen LogP contribution in [0.2, 0.25) is 0 Å². The second-order valence-electron chi connectivity index (χ2n) is 2.06. The van der Waals surface area contributed by atoms with Crippen molar-refractivity contribution in [2.45, 2.75) is 0 Å². The summed E-state index contributed by atoms with van der Waals surface area (Å²) >= 11 is 0. The van der Waals surface area contributed by atoms with E-state index in [9.17, 15) is 4.79 Å². The van der Waals surface area contributed by atoms with Gasteiger partial charge >= 0.3 is 6.09 Å². The van der Waals surface area contributed by atoms with Crippen LogP contribution in [0.3, 0.4) is 0 Å². The third kappa shape index (κ3) is 7.19. The highest BCUT2D eigenvalue weighted by Gasteiger charge is 1.93. The van der Waals surface area contributed by atoms with Crippen molar-refractivity contribution >= 4 is 6.09 Å². The van der Waals surface area contributed by atoms with Crippen LogP contribution in [0, 0.1) is 0 Å².